The maximum absolute atomic E-state index is 11.0. The Hall–Kier alpha value is -0.770. The highest BCUT2D eigenvalue weighted by Gasteiger charge is 2.22. The minimum absolute atomic E-state index is 0.170. The van der Waals surface area contributed by atoms with Crippen LogP contribution in [0, 0.1) is 0 Å². The third kappa shape index (κ3) is 1.83. The first-order valence-electron chi connectivity index (χ1n) is 4.55. The van der Waals surface area contributed by atoms with Gasteiger partial charge in [-0.3, -0.25) is 0 Å². The summed E-state index contributed by atoms with van der Waals surface area (Å²) in [4.78, 5) is 11.0. The lowest BCUT2D eigenvalue weighted by Gasteiger charge is -2.21. The van der Waals surface area contributed by atoms with Gasteiger partial charge < -0.3 is 10.4 Å². The van der Waals surface area contributed by atoms with Crippen LogP contribution in [-0.2, 0) is 13.0 Å². The second-order valence-corrected chi connectivity index (χ2v) is 4.22. The SMILES string of the molecule is O=C(O)c1c(Cl)cc(Cl)c2c1CNCC2. The van der Waals surface area contributed by atoms with Crippen molar-refractivity contribution in [2.45, 2.75) is 13.0 Å². The Balaban J connectivity index is 2.68. The molecule has 2 N–H and O–H groups in total. The topological polar surface area (TPSA) is 49.3 Å². The van der Waals surface area contributed by atoms with Gasteiger partial charge in [0.15, 0.2) is 0 Å². The Labute approximate surface area is 97.0 Å². The lowest BCUT2D eigenvalue weighted by molar-refractivity contribution is 0.0695. The summed E-state index contributed by atoms with van der Waals surface area (Å²) in [6.07, 6.45) is 0.742. The molecule has 2 rings (SSSR count). The molecule has 0 aliphatic carbocycles. The fraction of sp³-hybridized carbons (Fsp3) is 0.300. The zero-order chi connectivity index (χ0) is 11.0. The first kappa shape index (κ1) is 10.7. The molecule has 1 aliphatic heterocycles. The average molecular weight is 246 g/mol. The van der Waals surface area contributed by atoms with Gasteiger partial charge in [0.2, 0.25) is 0 Å². The van der Waals surface area contributed by atoms with Crippen LogP contribution in [0.3, 0.4) is 0 Å². The van der Waals surface area contributed by atoms with E-state index in [2.05, 4.69) is 5.32 Å². The molecule has 1 aromatic carbocycles. The molecule has 0 saturated heterocycles. The summed E-state index contributed by atoms with van der Waals surface area (Å²) in [5.74, 6) is -1.00. The van der Waals surface area contributed by atoms with Gasteiger partial charge in [-0.05, 0) is 30.2 Å². The first-order chi connectivity index (χ1) is 7.11. The summed E-state index contributed by atoms with van der Waals surface area (Å²) in [5.41, 5.74) is 1.78. The van der Waals surface area contributed by atoms with Crippen LogP contribution in [0.25, 0.3) is 0 Å². The van der Waals surface area contributed by atoms with E-state index >= 15 is 0 Å². The van der Waals surface area contributed by atoms with Gasteiger partial charge in [-0.1, -0.05) is 23.2 Å². The molecule has 1 heterocycles. The lowest BCUT2D eigenvalue weighted by Crippen LogP contribution is -2.26. The molecule has 0 spiro atoms. The standard InChI is InChI=1S/C10H9Cl2NO2/c11-7-3-8(12)9(10(14)15)6-4-13-2-1-5(6)7/h3,13H,1-2,4H2,(H,14,15). The molecule has 0 unspecified atom stereocenters. The summed E-state index contributed by atoms with van der Waals surface area (Å²) in [7, 11) is 0. The quantitative estimate of drug-likeness (QED) is 0.799. The van der Waals surface area contributed by atoms with E-state index < -0.39 is 5.97 Å². The molecule has 0 bridgehead atoms. The second-order valence-electron chi connectivity index (χ2n) is 3.40. The van der Waals surface area contributed by atoms with Crippen molar-refractivity contribution in [2.75, 3.05) is 6.54 Å². The zero-order valence-electron chi connectivity index (χ0n) is 7.81. The van der Waals surface area contributed by atoms with Gasteiger partial charge in [0, 0.05) is 11.6 Å². The summed E-state index contributed by atoms with van der Waals surface area (Å²) in [6.45, 7) is 1.32. The Morgan fingerprint density at radius 2 is 2.07 bits per heavy atom. The Kier molecular flexibility index (Phi) is 2.87. The van der Waals surface area contributed by atoms with Crippen molar-refractivity contribution in [3.05, 3.63) is 32.8 Å². The van der Waals surface area contributed by atoms with Gasteiger partial charge in [-0.2, -0.15) is 0 Å². The van der Waals surface area contributed by atoms with Gasteiger partial charge in [0.1, 0.15) is 0 Å². The largest absolute Gasteiger partial charge is 0.478 e. The molecule has 1 aliphatic rings. The molecule has 0 atom stereocenters. The molecule has 1 aromatic rings. The molecule has 3 nitrogen and oxygen atoms in total. The van der Waals surface area contributed by atoms with E-state index in [0.29, 0.717) is 17.1 Å². The highest BCUT2D eigenvalue weighted by atomic mass is 35.5. The molecular weight excluding hydrogens is 237 g/mol. The Bertz CT molecular complexity index is 432. The summed E-state index contributed by atoms with van der Waals surface area (Å²) in [5, 5.41) is 12.9. The normalized spacial score (nSPS) is 14.8. The monoisotopic (exact) mass is 245 g/mol. The molecule has 0 aromatic heterocycles. The van der Waals surface area contributed by atoms with Crippen molar-refractivity contribution >= 4 is 29.2 Å². The molecule has 0 radical (unpaired) electrons. The predicted octanol–water partition coefficient (Wildman–Crippen LogP) is 2.34. The van der Waals surface area contributed by atoms with E-state index in [4.69, 9.17) is 28.3 Å². The summed E-state index contributed by atoms with van der Waals surface area (Å²) >= 11 is 11.9. The fourth-order valence-electron chi connectivity index (χ4n) is 1.83. The highest BCUT2D eigenvalue weighted by Crippen LogP contribution is 2.32. The molecule has 0 amide bonds. The van der Waals surface area contributed by atoms with Crippen molar-refractivity contribution in [1.82, 2.24) is 5.32 Å². The van der Waals surface area contributed by atoms with Crippen molar-refractivity contribution < 1.29 is 9.90 Å². The van der Waals surface area contributed by atoms with Crippen LogP contribution in [0.15, 0.2) is 6.07 Å². The van der Waals surface area contributed by atoms with Gasteiger partial charge in [-0.15, -0.1) is 0 Å². The number of hydrogen-bond acceptors (Lipinski definition) is 2. The van der Waals surface area contributed by atoms with E-state index in [0.717, 1.165) is 18.5 Å². The first-order valence-corrected chi connectivity index (χ1v) is 5.30. The van der Waals surface area contributed by atoms with Crippen LogP contribution < -0.4 is 5.32 Å². The Morgan fingerprint density at radius 3 is 2.73 bits per heavy atom. The molecular formula is C10H9Cl2NO2. The number of carboxylic acids is 1. The van der Waals surface area contributed by atoms with Crippen molar-refractivity contribution in [1.29, 1.82) is 0 Å². The van der Waals surface area contributed by atoms with Crippen LogP contribution in [0.4, 0.5) is 0 Å². The number of rotatable bonds is 1. The molecule has 5 heteroatoms. The number of benzene rings is 1. The molecule has 0 saturated carbocycles. The van der Waals surface area contributed by atoms with Gasteiger partial charge in [0.05, 0.1) is 10.6 Å². The number of aromatic carboxylic acids is 1. The number of carboxylic acid groups (broad SMARTS) is 1. The van der Waals surface area contributed by atoms with Crippen LogP contribution in [0.5, 0.6) is 0 Å². The zero-order valence-corrected chi connectivity index (χ0v) is 9.32. The van der Waals surface area contributed by atoms with Crippen molar-refractivity contribution in [3.63, 3.8) is 0 Å². The van der Waals surface area contributed by atoms with Crippen LogP contribution in [0.2, 0.25) is 10.0 Å². The summed E-state index contributed by atoms with van der Waals surface area (Å²) in [6, 6.07) is 1.51. The Morgan fingerprint density at radius 1 is 1.33 bits per heavy atom. The van der Waals surface area contributed by atoms with Crippen LogP contribution in [-0.4, -0.2) is 17.6 Å². The minimum Gasteiger partial charge on any atom is -0.478 e. The van der Waals surface area contributed by atoms with E-state index in [9.17, 15) is 4.79 Å². The summed E-state index contributed by atoms with van der Waals surface area (Å²) < 4.78 is 0. The van der Waals surface area contributed by atoms with E-state index in [-0.39, 0.29) is 10.6 Å². The van der Waals surface area contributed by atoms with Crippen molar-refractivity contribution in [3.8, 4) is 0 Å². The molecule has 0 fully saturated rings. The van der Waals surface area contributed by atoms with Crippen molar-refractivity contribution in [2.24, 2.45) is 0 Å². The predicted molar refractivity (Wildman–Crippen MR) is 58.8 cm³/mol. The number of carbonyl (C=O) groups is 1. The maximum Gasteiger partial charge on any atom is 0.337 e. The van der Waals surface area contributed by atoms with Crippen LogP contribution in [0.1, 0.15) is 21.5 Å². The third-order valence-corrected chi connectivity index (χ3v) is 3.15. The number of nitrogens with one attached hydrogen (secondary N) is 1. The fourth-order valence-corrected chi connectivity index (χ4v) is 2.51. The third-order valence-electron chi connectivity index (χ3n) is 2.51. The highest BCUT2D eigenvalue weighted by molar-refractivity contribution is 6.37. The van der Waals surface area contributed by atoms with E-state index in [1.807, 2.05) is 0 Å². The maximum atomic E-state index is 11.0. The van der Waals surface area contributed by atoms with Gasteiger partial charge in [-0.25, -0.2) is 4.79 Å². The number of halogens is 2. The lowest BCUT2D eigenvalue weighted by atomic mass is 9.96. The van der Waals surface area contributed by atoms with Gasteiger partial charge in [0.25, 0.3) is 0 Å². The van der Waals surface area contributed by atoms with E-state index in [1.165, 1.54) is 6.07 Å². The van der Waals surface area contributed by atoms with Crippen LogP contribution >= 0.6 is 23.2 Å². The number of hydrogen-bond donors (Lipinski definition) is 2. The molecule has 80 valence electrons. The smallest absolute Gasteiger partial charge is 0.337 e. The second kappa shape index (κ2) is 4.00. The van der Waals surface area contributed by atoms with E-state index in [1.54, 1.807) is 0 Å². The average Bonchev–Trinajstić information content (AvgIpc) is 2.17. The molecule has 15 heavy (non-hydrogen) atoms. The number of fused-ring (bicyclic) bond motifs is 1. The minimum atomic E-state index is -1.00. The van der Waals surface area contributed by atoms with Gasteiger partial charge >= 0.3 is 5.97 Å².